The number of unbranched alkanes of at least 4 members (excludes halogenated alkanes) is 5. The maximum Gasteiger partial charge on any atom is 0.226 e. The van der Waals surface area contributed by atoms with Crippen LogP contribution in [-0.4, -0.2) is 46.4 Å². The highest BCUT2D eigenvalue weighted by Gasteiger charge is 2.59. The number of halogens is 1. The van der Waals surface area contributed by atoms with Crippen LogP contribution in [0, 0.1) is 23.2 Å². The van der Waals surface area contributed by atoms with Crippen molar-refractivity contribution in [3.8, 4) is 5.75 Å². The van der Waals surface area contributed by atoms with Gasteiger partial charge in [0.1, 0.15) is 11.9 Å². The summed E-state index contributed by atoms with van der Waals surface area (Å²) in [5, 5.41) is 23.6. The Hall–Kier alpha value is -2.92. The van der Waals surface area contributed by atoms with Gasteiger partial charge in [-0.25, -0.2) is 4.39 Å². The van der Waals surface area contributed by atoms with E-state index in [-0.39, 0.29) is 28.9 Å². The second-order valence-electron chi connectivity index (χ2n) is 15.0. The first-order valence-electron chi connectivity index (χ1n) is 18.2. The molecule has 3 aliphatic carbocycles. The van der Waals surface area contributed by atoms with Gasteiger partial charge in [-0.05, 0) is 108 Å². The zero-order valence-electron chi connectivity index (χ0n) is 28.0. The monoisotopic (exact) mass is 627 g/mol. The largest absolute Gasteiger partial charge is 0.508 e. The Balaban J connectivity index is 1.09. The zero-order chi connectivity index (χ0) is 32.3. The molecular formula is C41H54FNO3. The fourth-order valence-corrected chi connectivity index (χ4v) is 9.64. The summed E-state index contributed by atoms with van der Waals surface area (Å²) in [6.07, 6.45) is 10.8. The fourth-order valence-electron chi connectivity index (χ4n) is 9.64. The normalized spacial score (nSPS) is 28.4. The molecule has 0 unspecified atom stereocenters. The van der Waals surface area contributed by atoms with Crippen LogP contribution in [0.3, 0.4) is 0 Å². The van der Waals surface area contributed by atoms with E-state index in [9.17, 15) is 15.0 Å². The average Bonchev–Trinajstić information content (AvgIpc) is 3.34. The molecule has 4 nitrogen and oxygen atoms in total. The zero-order valence-corrected chi connectivity index (χ0v) is 28.0. The van der Waals surface area contributed by atoms with Crippen LogP contribution in [0.4, 0.5) is 4.39 Å². The number of nitrogens with zero attached hydrogens (tertiary/aromatic N) is 1. The lowest BCUT2D eigenvalue weighted by atomic mass is 9.51. The third-order valence-electron chi connectivity index (χ3n) is 12.1. The number of alkyl halides is 1. The number of benzene rings is 3. The van der Waals surface area contributed by atoms with Gasteiger partial charge in [0.05, 0.1) is 12.5 Å². The number of carbonyl (C=O) groups excluding carboxylic acids is 1. The van der Waals surface area contributed by atoms with Crippen molar-refractivity contribution in [2.45, 2.75) is 116 Å². The number of carbonyl (C=O) groups is 1. The van der Waals surface area contributed by atoms with Crippen LogP contribution < -0.4 is 0 Å². The SMILES string of the molecule is CCCCCCN(CCCCC[C@@H]1Cc2cc(O)ccc2[C@@H]2[C@@H]1[C@@H]1CC[C@H](O)[C@@]1(C)C[C@@H]2F)C(=O)Cc1ccc2ccccc2c1. The van der Waals surface area contributed by atoms with Crippen LogP contribution in [0.15, 0.2) is 60.7 Å². The van der Waals surface area contributed by atoms with E-state index in [1.807, 2.05) is 24.3 Å². The molecule has 7 atom stereocenters. The highest BCUT2D eigenvalue weighted by atomic mass is 19.1. The van der Waals surface area contributed by atoms with Gasteiger partial charge in [0.15, 0.2) is 0 Å². The highest BCUT2D eigenvalue weighted by molar-refractivity contribution is 5.85. The van der Waals surface area contributed by atoms with Gasteiger partial charge in [0, 0.05) is 19.0 Å². The lowest BCUT2D eigenvalue weighted by Gasteiger charge is -2.54. The van der Waals surface area contributed by atoms with Crippen molar-refractivity contribution in [1.82, 2.24) is 4.90 Å². The third-order valence-corrected chi connectivity index (χ3v) is 12.1. The Morgan fingerprint density at radius 1 is 0.935 bits per heavy atom. The molecule has 3 aromatic rings. The number of fused-ring (bicyclic) bond motifs is 6. The molecule has 0 aromatic heterocycles. The van der Waals surface area contributed by atoms with Crippen LogP contribution >= 0.6 is 0 Å². The van der Waals surface area contributed by atoms with Gasteiger partial charge in [-0.1, -0.05) is 94.5 Å². The molecular weight excluding hydrogens is 573 g/mol. The van der Waals surface area contributed by atoms with E-state index in [1.54, 1.807) is 6.07 Å². The van der Waals surface area contributed by atoms with Crippen molar-refractivity contribution >= 4 is 16.7 Å². The predicted octanol–water partition coefficient (Wildman–Crippen LogP) is 9.15. The topological polar surface area (TPSA) is 60.8 Å². The number of rotatable bonds is 13. The molecule has 0 aliphatic heterocycles. The summed E-state index contributed by atoms with van der Waals surface area (Å²) in [6, 6.07) is 20.2. The number of aliphatic hydroxyl groups is 1. The smallest absolute Gasteiger partial charge is 0.226 e. The number of hydrogen-bond acceptors (Lipinski definition) is 3. The molecule has 3 aromatic carbocycles. The van der Waals surface area contributed by atoms with Gasteiger partial charge in [0.2, 0.25) is 5.91 Å². The van der Waals surface area contributed by atoms with Crippen LogP contribution in [-0.2, 0) is 17.6 Å². The van der Waals surface area contributed by atoms with Crippen molar-refractivity contribution in [2.24, 2.45) is 23.2 Å². The van der Waals surface area contributed by atoms with Crippen molar-refractivity contribution in [2.75, 3.05) is 13.1 Å². The number of aliphatic hydroxyl groups excluding tert-OH is 1. The first kappa shape index (κ1) is 33.0. The quantitative estimate of drug-likeness (QED) is 0.186. The molecule has 1 amide bonds. The van der Waals surface area contributed by atoms with E-state index >= 15 is 4.39 Å². The molecule has 3 aliphatic rings. The van der Waals surface area contributed by atoms with Gasteiger partial charge in [-0.2, -0.15) is 0 Å². The molecule has 2 saturated carbocycles. The van der Waals surface area contributed by atoms with E-state index in [2.05, 4.69) is 49.1 Å². The molecule has 0 bridgehead atoms. The van der Waals surface area contributed by atoms with Crippen LogP contribution in [0.2, 0.25) is 0 Å². The molecule has 5 heteroatoms. The minimum absolute atomic E-state index is 0.149. The molecule has 248 valence electrons. The van der Waals surface area contributed by atoms with E-state index in [0.717, 1.165) is 87.6 Å². The van der Waals surface area contributed by atoms with Gasteiger partial charge >= 0.3 is 0 Å². The Kier molecular flexibility index (Phi) is 10.4. The van der Waals surface area contributed by atoms with Gasteiger partial charge < -0.3 is 15.1 Å². The highest BCUT2D eigenvalue weighted by Crippen LogP contribution is 2.63. The Morgan fingerprint density at radius 3 is 2.48 bits per heavy atom. The summed E-state index contributed by atoms with van der Waals surface area (Å²) in [5.74, 6) is 1.22. The van der Waals surface area contributed by atoms with Crippen LogP contribution in [0.25, 0.3) is 10.8 Å². The first-order valence-corrected chi connectivity index (χ1v) is 18.2. The summed E-state index contributed by atoms with van der Waals surface area (Å²) in [5.41, 5.74) is 2.91. The maximum absolute atomic E-state index is 16.1. The molecule has 6 rings (SSSR count). The number of hydrogen-bond donors (Lipinski definition) is 2. The molecule has 2 N–H and O–H groups in total. The standard InChI is InChI=1S/C41H54FNO3/c1-3-4-5-10-21-43(38(46)24-28-15-16-29-12-8-9-13-30(29)23-28)22-11-6-7-14-31-25-32-26-33(44)17-18-34(32)40-36(42)27-41(2)35(39(31)40)19-20-37(41)45/h8-9,12-13,15-18,23,26,31,35-37,39-40,44-45H,3-7,10-11,14,19-22,24-25,27H2,1-2H3/t31-,35+,36+,37+,39+,40+,41+/m1/s1. The fraction of sp³-hybridized carbons (Fsp3) is 0.585. The van der Waals surface area contributed by atoms with E-state index < -0.39 is 12.3 Å². The lowest BCUT2D eigenvalue weighted by molar-refractivity contribution is -0.130. The summed E-state index contributed by atoms with van der Waals surface area (Å²) < 4.78 is 16.1. The number of phenols is 1. The van der Waals surface area contributed by atoms with E-state index in [1.165, 1.54) is 23.6 Å². The van der Waals surface area contributed by atoms with E-state index in [0.29, 0.717) is 24.7 Å². The molecule has 0 heterocycles. The van der Waals surface area contributed by atoms with Crippen molar-refractivity contribution in [3.63, 3.8) is 0 Å². The third kappa shape index (κ3) is 6.86. The Bertz CT molecular complexity index is 1490. The van der Waals surface area contributed by atoms with E-state index in [4.69, 9.17) is 0 Å². The van der Waals surface area contributed by atoms with Crippen molar-refractivity contribution < 1.29 is 19.4 Å². The minimum atomic E-state index is -0.972. The van der Waals surface area contributed by atoms with Crippen molar-refractivity contribution in [1.29, 1.82) is 0 Å². The van der Waals surface area contributed by atoms with Crippen LogP contribution in [0.1, 0.15) is 107 Å². The molecule has 46 heavy (non-hydrogen) atoms. The number of phenolic OH excluding ortho intramolecular Hbond substituents is 1. The second kappa shape index (κ2) is 14.5. The maximum atomic E-state index is 16.1. The predicted molar refractivity (Wildman–Crippen MR) is 185 cm³/mol. The summed E-state index contributed by atoms with van der Waals surface area (Å²) in [4.78, 5) is 15.7. The van der Waals surface area contributed by atoms with Crippen LogP contribution in [0.5, 0.6) is 5.75 Å². The summed E-state index contributed by atoms with van der Waals surface area (Å²) in [7, 11) is 0. The molecule has 2 fully saturated rings. The lowest BCUT2D eigenvalue weighted by Crippen LogP contribution is -2.51. The van der Waals surface area contributed by atoms with Gasteiger partial charge in [-0.15, -0.1) is 0 Å². The average molecular weight is 628 g/mol. The number of amides is 1. The Labute approximate surface area is 275 Å². The number of aromatic hydroxyl groups is 1. The second-order valence-corrected chi connectivity index (χ2v) is 15.0. The molecule has 0 saturated heterocycles. The van der Waals surface area contributed by atoms with Crippen molar-refractivity contribution in [3.05, 3.63) is 77.4 Å². The Morgan fingerprint density at radius 2 is 1.70 bits per heavy atom. The summed E-state index contributed by atoms with van der Waals surface area (Å²) in [6.45, 7) is 5.95. The van der Waals surface area contributed by atoms with Gasteiger partial charge in [-0.3, -0.25) is 4.79 Å². The van der Waals surface area contributed by atoms with Gasteiger partial charge in [0.25, 0.3) is 0 Å². The summed E-state index contributed by atoms with van der Waals surface area (Å²) >= 11 is 0. The molecule has 0 radical (unpaired) electrons. The first-order chi connectivity index (χ1) is 22.3. The molecule has 0 spiro atoms. The minimum Gasteiger partial charge on any atom is -0.508 e.